The maximum atomic E-state index is 5.80. The van der Waals surface area contributed by atoms with Crippen molar-refractivity contribution >= 4 is 5.84 Å². The maximum Gasteiger partial charge on any atom is 0.0947 e. The van der Waals surface area contributed by atoms with E-state index in [1.807, 2.05) is 0 Å². The van der Waals surface area contributed by atoms with Gasteiger partial charge in [0.25, 0.3) is 0 Å². The highest BCUT2D eigenvalue weighted by Gasteiger charge is 2.33. The van der Waals surface area contributed by atoms with Crippen molar-refractivity contribution in [1.82, 2.24) is 0 Å². The Kier molecular flexibility index (Phi) is 1.63. The van der Waals surface area contributed by atoms with Gasteiger partial charge in [-0.1, -0.05) is 24.3 Å². The Morgan fingerprint density at radius 3 is 3.07 bits per heavy atom. The van der Waals surface area contributed by atoms with Crippen molar-refractivity contribution in [2.45, 2.75) is 31.2 Å². The average molecular weight is 186 g/mol. The Hall–Kier alpha value is -1.31. The normalized spacial score (nSPS) is 29.3. The quantitative estimate of drug-likeness (QED) is 0.659. The molecule has 2 aliphatic rings. The molecule has 0 bridgehead atoms. The molecule has 0 spiro atoms. The molecule has 2 N–H and O–H groups in total. The summed E-state index contributed by atoms with van der Waals surface area (Å²) in [6.07, 6.45) is 3.29. The number of nitrogens with two attached hydrogens (primary N) is 1. The van der Waals surface area contributed by atoms with E-state index < -0.39 is 0 Å². The van der Waals surface area contributed by atoms with E-state index in [1.54, 1.807) is 0 Å². The second-order valence-electron chi connectivity index (χ2n) is 4.24. The lowest BCUT2D eigenvalue weighted by Crippen LogP contribution is -2.20. The number of aliphatic imine (C=N–C) groups is 1. The Morgan fingerprint density at radius 1 is 1.29 bits per heavy atom. The fourth-order valence-corrected chi connectivity index (χ4v) is 2.73. The van der Waals surface area contributed by atoms with E-state index in [4.69, 9.17) is 5.73 Å². The summed E-state index contributed by atoms with van der Waals surface area (Å²) in [5.41, 5.74) is 8.78. The van der Waals surface area contributed by atoms with Crippen molar-refractivity contribution in [2.75, 3.05) is 0 Å². The SMILES string of the molecule is NC1=N[C@@H]2CCc3ccccc3[C@@H]2C1. The number of benzene rings is 1. The zero-order valence-electron chi connectivity index (χ0n) is 8.11. The molecule has 14 heavy (non-hydrogen) atoms. The fourth-order valence-electron chi connectivity index (χ4n) is 2.73. The van der Waals surface area contributed by atoms with Gasteiger partial charge in [0.15, 0.2) is 0 Å². The standard InChI is InChI=1S/C12H14N2/c13-12-7-10-9-4-2-1-3-8(9)5-6-11(10)14-12/h1-4,10-11H,5-7H2,(H2,13,14)/t10-,11+/m0/s1. The zero-order chi connectivity index (χ0) is 9.54. The molecule has 2 atom stereocenters. The summed E-state index contributed by atoms with van der Waals surface area (Å²) >= 11 is 0. The van der Waals surface area contributed by atoms with Crippen molar-refractivity contribution in [1.29, 1.82) is 0 Å². The van der Waals surface area contributed by atoms with Gasteiger partial charge in [0, 0.05) is 12.3 Å². The first-order valence-electron chi connectivity index (χ1n) is 5.24. The predicted molar refractivity (Wildman–Crippen MR) is 57.5 cm³/mol. The molecule has 0 amide bonds. The van der Waals surface area contributed by atoms with Crippen LogP contribution in [0.3, 0.4) is 0 Å². The molecule has 2 heteroatoms. The fraction of sp³-hybridized carbons (Fsp3) is 0.417. The summed E-state index contributed by atoms with van der Waals surface area (Å²) in [6, 6.07) is 9.18. The van der Waals surface area contributed by atoms with Crippen LogP contribution in [0.1, 0.15) is 29.9 Å². The van der Waals surface area contributed by atoms with Crippen LogP contribution in [0.15, 0.2) is 29.3 Å². The second-order valence-corrected chi connectivity index (χ2v) is 4.24. The number of amidine groups is 1. The van der Waals surface area contributed by atoms with Gasteiger partial charge in [0.2, 0.25) is 0 Å². The monoisotopic (exact) mass is 186 g/mol. The van der Waals surface area contributed by atoms with E-state index in [-0.39, 0.29) is 0 Å². The van der Waals surface area contributed by atoms with Crippen LogP contribution < -0.4 is 5.73 Å². The van der Waals surface area contributed by atoms with Crippen molar-refractivity contribution in [3.05, 3.63) is 35.4 Å². The third-order valence-electron chi connectivity index (χ3n) is 3.39. The number of hydrogen-bond donors (Lipinski definition) is 1. The summed E-state index contributed by atoms with van der Waals surface area (Å²) in [7, 11) is 0. The van der Waals surface area contributed by atoms with Crippen molar-refractivity contribution in [2.24, 2.45) is 10.7 Å². The third-order valence-corrected chi connectivity index (χ3v) is 3.39. The number of aryl methyl sites for hydroxylation is 1. The van der Waals surface area contributed by atoms with E-state index >= 15 is 0 Å². The van der Waals surface area contributed by atoms with Gasteiger partial charge in [-0.2, -0.15) is 0 Å². The van der Waals surface area contributed by atoms with E-state index in [9.17, 15) is 0 Å². The van der Waals surface area contributed by atoms with Crippen LogP contribution in [0, 0.1) is 0 Å². The molecule has 0 fully saturated rings. The van der Waals surface area contributed by atoms with Gasteiger partial charge in [0.1, 0.15) is 0 Å². The van der Waals surface area contributed by atoms with Crippen LogP contribution in [-0.2, 0) is 6.42 Å². The van der Waals surface area contributed by atoms with Crippen LogP contribution in [0.5, 0.6) is 0 Å². The molecular weight excluding hydrogens is 172 g/mol. The Labute approximate surface area is 83.8 Å². The van der Waals surface area contributed by atoms with Gasteiger partial charge < -0.3 is 5.73 Å². The van der Waals surface area contributed by atoms with Crippen molar-refractivity contribution in [3.8, 4) is 0 Å². The van der Waals surface area contributed by atoms with Gasteiger partial charge in [0.05, 0.1) is 11.9 Å². The van der Waals surface area contributed by atoms with Crippen LogP contribution in [-0.4, -0.2) is 11.9 Å². The molecule has 2 nitrogen and oxygen atoms in total. The van der Waals surface area contributed by atoms with Crippen LogP contribution >= 0.6 is 0 Å². The zero-order valence-corrected chi connectivity index (χ0v) is 8.11. The van der Waals surface area contributed by atoms with Crippen LogP contribution in [0.2, 0.25) is 0 Å². The molecule has 0 saturated heterocycles. The Bertz CT molecular complexity index is 395. The molecule has 1 heterocycles. The first-order valence-corrected chi connectivity index (χ1v) is 5.24. The highest BCUT2D eigenvalue weighted by Crippen LogP contribution is 2.38. The third kappa shape index (κ3) is 1.07. The van der Waals surface area contributed by atoms with Gasteiger partial charge in [-0.15, -0.1) is 0 Å². The highest BCUT2D eigenvalue weighted by molar-refractivity contribution is 5.83. The second kappa shape index (κ2) is 2.84. The molecule has 1 aromatic carbocycles. The molecular formula is C12H14N2. The number of rotatable bonds is 0. The topological polar surface area (TPSA) is 38.4 Å². The average Bonchev–Trinajstić information content (AvgIpc) is 2.59. The molecule has 0 saturated carbocycles. The maximum absolute atomic E-state index is 5.80. The summed E-state index contributed by atoms with van der Waals surface area (Å²) in [6.45, 7) is 0. The molecule has 72 valence electrons. The highest BCUT2D eigenvalue weighted by atomic mass is 14.9. The lowest BCUT2D eigenvalue weighted by atomic mass is 9.79. The summed E-state index contributed by atoms with van der Waals surface area (Å²) in [4.78, 5) is 4.50. The smallest absolute Gasteiger partial charge is 0.0947 e. The molecule has 0 aromatic heterocycles. The summed E-state index contributed by atoms with van der Waals surface area (Å²) in [5.74, 6) is 1.41. The number of fused-ring (bicyclic) bond motifs is 3. The minimum absolute atomic E-state index is 0.463. The molecule has 0 unspecified atom stereocenters. The van der Waals surface area contributed by atoms with Gasteiger partial charge in [-0.25, -0.2) is 0 Å². The van der Waals surface area contributed by atoms with Crippen LogP contribution in [0.4, 0.5) is 0 Å². The lowest BCUT2D eigenvalue weighted by Gasteiger charge is -2.26. The van der Waals surface area contributed by atoms with Gasteiger partial charge in [-0.05, 0) is 24.0 Å². The molecule has 1 aromatic rings. The minimum Gasteiger partial charge on any atom is -0.387 e. The van der Waals surface area contributed by atoms with Crippen molar-refractivity contribution in [3.63, 3.8) is 0 Å². The number of nitrogens with zero attached hydrogens (tertiary/aromatic N) is 1. The van der Waals surface area contributed by atoms with Crippen LogP contribution in [0.25, 0.3) is 0 Å². The summed E-state index contributed by atoms with van der Waals surface area (Å²) < 4.78 is 0. The molecule has 1 aliphatic carbocycles. The van der Waals surface area contributed by atoms with Gasteiger partial charge >= 0.3 is 0 Å². The largest absolute Gasteiger partial charge is 0.387 e. The number of hydrogen-bond acceptors (Lipinski definition) is 2. The predicted octanol–water partition coefficient (Wildman–Crippen LogP) is 1.85. The first kappa shape index (κ1) is 8.04. The van der Waals surface area contributed by atoms with E-state index in [0.717, 1.165) is 18.7 Å². The molecule has 1 aliphatic heterocycles. The van der Waals surface area contributed by atoms with E-state index in [1.165, 1.54) is 17.5 Å². The van der Waals surface area contributed by atoms with Crippen molar-refractivity contribution < 1.29 is 0 Å². The molecule has 0 radical (unpaired) electrons. The Balaban J connectivity index is 2.04. The lowest BCUT2D eigenvalue weighted by molar-refractivity contribution is 0.510. The molecule has 3 rings (SSSR count). The van der Waals surface area contributed by atoms with Gasteiger partial charge in [-0.3, -0.25) is 4.99 Å². The van der Waals surface area contributed by atoms with E-state index in [0.29, 0.717) is 12.0 Å². The summed E-state index contributed by atoms with van der Waals surface area (Å²) in [5, 5.41) is 0. The Morgan fingerprint density at radius 2 is 2.14 bits per heavy atom. The first-order chi connectivity index (χ1) is 6.84. The van der Waals surface area contributed by atoms with E-state index in [2.05, 4.69) is 29.3 Å². The minimum atomic E-state index is 0.463.